The van der Waals surface area contributed by atoms with E-state index in [2.05, 4.69) is 15.2 Å². The summed E-state index contributed by atoms with van der Waals surface area (Å²) in [4.78, 5) is 19.6. The number of urea groups is 1. The molecule has 0 spiro atoms. The standard InChI is InChI=1S/C24H23F3N6O2S/c1-13-23(36-3)14(2)32(30-13)22-9-21(19(27)10-28-22)35-18-11-31(12-18)24(34)33-20(4-5-29-33)15-6-16(25)8-17(26)7-15/h5-10,18,20H,4,11-12H2,1-3H3. The maximum absolute atomic E-state index is 14.5. The number of hydrogen-bond acceptors (Lipinski definition) is 6. The Labute approximate surface area is 209 Å². The number of rotatable bonds is 5. The van der Waals surface area contributed by atoms with Crippen LogP contribution in [0.2, 0.25) is 0 Å². The number of pyridine rings is 1. The van der Waals surface area contributed by atoms with Crippen molar-refractivity contribution in [2.24, 2.45) is 5.10 Å². The second-order valence-electron chi connectivity index (χ2n) is 8.61. The van der Waals surface area contributed by atoms with E-state index < -0.39 is 35.6 Å². The molecule has 4 heterocycles. The third kappa shape index (κ3) is 4.41. The van der Waals surface area contributed by atoms with Crippen LogP contribution in [0.3, 0.4) is 0 Å². The Morgan fingerprint density at radius 3 is 2.50 bits per heavy atom. The Morgan fingerprint density at radius 2 is 1.83 bits per heavy atom. The van der Waals surface area contributed by atoms with E-state index in [1.165, 1.54) is 34.3 Å². The van der Waals surface area contributed by atoms with Crippen molar-refractivity contribution in [3.8, 4) is 11.6 Å². The second kappa shape index (κ2) is 9.49. The van der Waals surface area contributed by atoms with E-state index in [9.17, 15) is 18.0 Å². The van der Waals surface area contributed by atoms with Gasteiger partial charge in [0.05, 0.1) is 41.6 Å². The van der Waals surface area contributed by atoms with Crippen LogP contribution >= 0.6 is 11.8 Å². The highest BCUT2D eigenvalue weighted by atomic mass is 32.2. The van der Waals surface area contributed by atoms with E-state index in [1.807, 2.05) is 20.1 Å². The minimum atomic E-state index is -0.717. The van der Waals surface area contributed by atoms with Crippen molar-refractivity contribution in [2.75, 3.05) is 19.3 Å². The van der Waals surface area contributed by atoms with E-state index in [4.69, 9.17) is 4.74 Å². The van der Waals surface area contributed by atoms with E-state index in [0.717, 1.165) is 28.5 Å². The minimum Gasteiger partial charge on any atom is -0.483 e. The Hall–Kier alpha value is -3.54. The molecule has 1 unspecified atom stereocenters. The van der Waals surface area contributed by atoms with Gasteiger partial charge in [0.1, 0.15) is 17.7 Å². The normalized spacial score (nSPS) is 17.6. The number of aryl methyl sites for hydroxylation is 1. The SMILES string of the molecule is CSc1c(C)nn(-c2cc(OC3CN(C(=O)N4N=CCC4c4cc(F)cc(F)c4)C3)c(F)cn2)c1C. The van der Waals surface area contributed by atoms with Gasteiger partial charge >= 0.3 is 6.03 Å². The van der Waals surface area contributed by atoms with Crippen molar-refractivity contribution in [3.05, 3.63) is 64.9 Å². The van der Waals surface area contributed by atoms with Gasteiger partial charge in [-0.05, 0) is 37.8 Å². The first-order valence-corrected chi connectivity index (χ1v) is 12.5. The summed E-state index contributed by atoms with van der Waals surface area (Å²) in [5.74, 6) is -1.61. The van der Waals surface area contributed by atoms with Crippen molar-refractivity contribution in [1.29, 1.82) is 0 Å². The first kappa shape index (κ1) is 24.2. The second-order valence-corrected chi connectivity index (χ2v) is 9.43. The van der Waals surface area contributed by atoms with Crippen molar-refractivity contribution in [3.63, 3.8) is 0 Å². The van der Waals surface area contributed by atoms with Gasteiger partial charge in [-0.1, -0.05) is 0 Å². The number of amides is 2. The zero-order valence-corrected chi connectivity index (χ0v) is 20.6. The largest absolute Gasteiger partial charge is 0.483 e. The van der Waals surface area contributed by atoms with Crippen molar-refractivity contribution < 1.29 is 22.7 Å². The third-order valence-corrected chi connectivity index (χ3v) is 7.16. The maximum Gasteiger partial charge on any atom is 0.341 e. The van der Waals surface area contributed by atoms with E-state index in [-0.39, 0.29) is 18.8 Å². The summed E-state index contributed by atoms with van der Waals surface area (Å²) in [6.45, 7) is 4.24. The molecule has 5 rings (SSSR count). The molecule has 2 aromatic heterocycles. The lowest BCUT2D eigenvalue weighted by Crippen LogP contribution is -2.58. The van der Waals surface area contributed by atoms with Gasteiger partial charge in [0.15, 0.2) is 17.4 Å². The predicted molar refractivity (Wildman–Crippen MR) is 128 cm³/mol. The molecule has 12 heteroatoms. The van der Waals surface area contributed by atoms with Gasteiger partial charge in [-0.25, -0.2) is 32.6 Å². The maximum atomic E-state index is 14.5. The number of hydrogen-bond donors (Lipinski definition) is 0. The third-order valence-electron chi connectivity index (χ3n) is 6.16. The molecule has 0 N–H and O–H groups in total. The van der Waals surface area contributed by atoms with Crippen molar-refractivity contribution >= 4 is 24.0 Å². The highest BCUT2D eigenvalue weighted by Gasteiger charge is 2.39. The van der Waals surface area contributed by atoms with Crippen LogP contribution in [-0.4, -0.2) is 62.4 Å². The molecule has 188 valence electrons. The number of ether oxygens (including phenoxy) is 1. The summed E-state index contributed by atoms with van der Waals surface area (Å²) in [6.07, 6.45) is 4.50. The van der Waals surface area contributed by atoms with Crippen LogP contribution in [0.25, 0.3) is 5.82 Å². The number of thioether (sulfide) groups is 1. The van der Waals surface area contributed by atoms with Crippen LogP contribution in [0.1, 0.15) is 29.4 Å². The molecule has 1 fully saturated rings. The monoisotopic (exact) mass is 516 g/mol. The first-order valence-electron chi connectivity index (χ1n) is 11.2. The summed E-state index contributed by atoms with van der Waals surface area (Å²) < 4.78 is 49.3. The van der Waals surface area contributed by atoms with Gasteiger partial charge < -0.3 is 9.64 Å². The van der Waals surface area contributed by atoms with Gasteiger partial charge in [-0.3, -0.25) is 0 Å². The first-order chi connectivity index (χ1) is 17.2. The lowest BCUT2D eigenvalue weighted by Gasteiger charge is -2.41. The Kier molecular flexibility index (Phi) is 6.37. The molecule has 3 aromatic rings. The molecule has 36 heavy (non-hydrogen) atoms. The van der Waals surface area contributed by atoms with E-state index >= 15 is 0 Å². The zero-order valence-electron chi connectivity index (χ0n) is 19.8. The molecule has 2 aliphatic heterocycles. The fraction of sp³-hybridized carbons (Fsp3) is 0.333. The molecule has 0 bridgehead atoms. The summed E-state index contributed by atoms with van der Waals surface area (Å²) in [7, 11) is 0. The number of carbonyl (C=O) groups is 1. The molecule has 1 saturated heterocycles. The fourth-order valence-corrected chi connectivity index (χ4v) is 5.12. The molecular weight excluding hydrogens is 493 g/mol. The van der Waals surface area contributed by atoms with E-state index in [1.54, 1.807) is 16.4 Å². The average Bonchev–Trinajstić information content (AvgIpc) is 3.40. The number of nitrogens with zero attached hydrogens (tertiary/aromatic N) is 6. The van der Waals surface area contributed by atoms with Gasteiger partial charge in [-0.2, -0.15) is 10.2 Å². The van der Waals surface area contributed by atoms with Gasteiger partial charge in [-0.15, -0.1) is 11.8 Å². The Balaban J connectivity index is 1.25. The summed E-state index contributed by atoms with van der Waals surface area (Å²) in [6, 6.07) is 3.64. The molecule has 2 amide bonds. The van der Waals surface area contributed by atoms with Crippen LogP contribution in [0.5, 0.6) is 5.75 Å². The van der Waals surface area contributed by atoms with Crippen LogP contribution in [-0.2, 0) is 0 Å². The lowest BCUT2D eigenvalue weighted by atomic mass is 10.0. The van der Waals surface area contributed by atoms with Gasteiger partial charge in [0, 0.05) is 24.8 Å². The molecule has 0 aliphatic carbocycles. The van der Waals surface area contributed by atoms with Gasteiger partial charge in [0.25, 0.3) is 0 Å². The summed E-state index contributed by atoms with van der Waals surface area (Å²) >= 11 is 1.58. The predicted octanol–water partition coefficient (Wildman–Crippen LogP) is 4.64. The fourth-order valence-electron chi connectivity index (χ4n) is 4.40. The average molecular weight is 517 g/mol. The van der Waals surface area contributed by atoms with E-state index in [0.29, 0.717) is 17.8 Å². The highest BCUT2D eigenvalue weighted by molar-refractivity contribution is 7.98. The summed E-state index contributed by atoms with van der Waals surface area (Å²) in [5, 5.41) is 9.80. The zero-order chi connectivity index (χ0) is 25.6. The number of hydrazone groups is 1. The minimum absolute atomic E-state index is 0.0164. The van der Waals surface area contributed by atoms with Crippen LogP contribution in [0.4, 0.5) is 18.0 Å². The summed E-state index contributed by atoms with van der Waals surface area (Å²) in [5.41, 5.74) is 2.07. The smallest absolute Gasteiger partial charge is 0.341 e. The highest BCUT2D eigenvalue weighted by Crippen LogP contribution is 2.32. The quantitative estimate of drug-likeness (QED) is 0.462. The van der Waals surface area contributed by atoms with Crippen LogP contribution in [0, 0.1) is 31.3 Å². The molecular formula is C24H23F3N6O2S. The Bertz CT molecular complexity index is 1340. The number of likely N-dealkylation sites (tertiary alicyclic amines) is 1. The van der Waals surface area contributed by atoms with Crippen molar-refractivity contribution in [2.45, 2.75) is 37.3 Å². The number of aromatic nitrogens is 3. The molecule has 1 aromatic carbocycles. The Morgan fingerprint density at radius 1 is 1.11 bits per heavy atom. The molecule has 2 aliphatic rings. The number of carbonyl (C=O) groups excluding carboxylic acids is 1. The lowest BCUT2D eigenvalue weighted by molar-refractivity contribution is 0.0256. The number of benzene rings is 1. The molecule has 0 saturated carbocycles. The molecule has 1 atom stereocenters. The topological polar surface area (TPSA) is 75.8 Å². The number of halogens is 3. The van der Waals surface area contributed by atoms with Crippen LogP contribution < -0.4 is 4.74 Å². The van der Waals surface area contributed by atoms with Gasteiger partial charge in [0.2, 0.25) is 0 Å². The molecule has 8 nitrogen and oxygen atoms in total. The van der Waals surface area contributed by atoms with Crippen molar-refractivity contribution in [1.82, 2.24) is 24.7 Å². The van der Waals surface area contributed by atoms with Crippen LogP contribution in [0.15, 0.2) is 40.5 Å². The molecule has 0 radical (unpaired) electrons.